The van der Waals surface area contributed by atoms with Crippen molar-refractivity contribution in [1.82, 2.24) is 0 Å². The first-order valence-electron chi connectivity index (χ1n) is 4.52. The van der Waals surface area contributed by atoms with E-state index in [9.17, 15) is 17.2 Å². The lowest BCUT2D eigenvalue weighted by Gasteiger charge is -2.19. The predicted molar refractivity (Wildman–Crippen MR) is 49.9 cm³/mol. The number of rotatable bonds is 3. The molecule has 1 aliphatic rings. The first-order valence-corrected chi connectivity index (χ1v) is 6.34. The van der Waals surface area contributed by atoms with Gasteiger partial charge >= 0.3 is 0 Å². The van der Waals surface area contributed by atoms with E-state index in [0.717, 1.165) is 6.92 Å². The SMILES string of the molecule is CC(F)(F)CC1CS(=O)(=O)CC1CN. The van der Waals surface area contributed by atoms with Crippen LogP contribution >= 0.6 is 0 Å². The molecular formula is C8H15F2NO2S. The molecule has 6 heteroatoms. The van der Waals surface area contributed by atoms with E-state index in [2.05, 4.69) is 0 Å². The molecule has 1 saturated heterocycles. The zero-order valence-corrected chi connectivity index (χ0v) is 8.86. The molecule has 2 atom stereocenters. The second kappa shape index (κ2) is 3.73. The number of alkyl halides is 2. The molecule has 0 bridgehead atoms. The monoisotopic (exact) mass is 227 g/mol. The maximum Gasteiger partial charge on any atom is 0.245 e. The van der Waals surface area contributed by atoms with Gasteiger partial charge in [0.1, 0.15) is 0 Å². The van der Waals surface area contributed by atoms with Crippen molar-refractivity contribution in [3.05, 3.63) is 0 Å². The molecule has 0 radical (unpaired) electrons. The Morgan fingerprint density at radius 1 is 1.36 bits per heavy atom. The van der Waals surface area contributed by atoms with Crippen LogP contribution in [0, 0.1) is 11.8 Å². The molecule has 0 aliphatic carbocycles. The molecule has 0 spiro atoms. The molecule has 0 aromatic rings. The zero-order chi connectivity index (χ0) is 11.0. The Hall–Kier alpha value is -0.230. The molecule has 0 aromatic heterocycles. The van der Waals surface area contributed by atoms with Gasteiger partial charge in [-0.2, -0.15) is 0 Å². The molecule has 1 heterocycles. The van der Waals surface area contributed by atoms with E-state index < -0.39 is 21.7 Å². The van der Waals surface area contributed by atoms with Crippen molar-refractivity contribution in [3.63, 3.8) is 0 Å². The lowest BCUT2D eigenvalue weighted by Crippen LogP contribution is -2.26. The highest BCUT2D eigenvalue weighted by Crippen LogP contribution is 2.33. The van der Waals surface area contributed by atoms with Gasteiger partial charge in [0.2, 0.25) is 5.92 Å². The highest BCUT2D eigenvalue weighted by molar-refractivity contribution is 7.91. The first kappa shape index (κ1) is 11.8. The Kier molecular flexibility index (Phi) is 3.16. The molecular weight excluding hydrogens is 212 g/mol. The van der Waals surface area contributed by atoms with Crippen LogP contribution in [0.4, 0.5) is 8.78 Å². The predicted octanol–water partition coefficient (Wildman–Crippen LogP) is 0.651. The van der Waals surface area contributed by atoms with Gasteiger partial charge in [-0.05, 0) is 25.3 Å². The molecule has 1 rings (SSSR count). The van der Waals surface area contributed by atoms with Crippen molar-refractivity contribution < 1.29 is 17.2 Å². The smallest absolute Gasteiger partial charge is 0.245 e. The van der Waals surface area contributed by atoms with Crippen LogP contribution in [-0.2, 0) is 9.84 Å². The Labute approximate surface area is 82.6 Å². The molecule has 2 N–H and O–H groups in total. The summed E-state index contributed by atoms with van der Waals surface area (Å²) >= 11 is 0. The third kappa shape index (κ3) is 3.16. The maximum atomic E-state index is 12.7. The Bertz CT molecular complexity index is 297. The average Bonchev–Trinajstić information content (AvgIpc) is 2.21. The fraction of sp³-hybridized carbons (Fsp3) is 1.00. The van der Waals surface area contributed by atoms with E-state index in [1.807, 2.05) is 0 Å². The highest BCUT2D eigenvalue weighted by atomic mass is 32.2. The Morgan fingerprint density at radius 2 is 1.86 bits per heavy atom. The minimum atomic E-state index is -3.14. The van der Waals surface area contributed by atoms with Crippen molar-refractivity contribution in [3.8, 4) is 0 Å². The number of hydrogen-bond acceptors (Lipinski definition) is 3. The number of sulfone groups is 1. The minimum Gasteiger partial charge on any atom is -0.330 e. The molecule has 84 valence electrons. The average molecular weight is 227 g/mol. The standard InChI is InChI=1S/C8H15F2NO2S/c1-8(9,10)2-6-4-14(12,13)5-7(6)3-11/h6-7H,2-5,11H2,1H3. The number of nitrogens with two attached hydrogens (primary N) is 1. The zero-order valence-electron chi connectivity index (χ0n) is 8.04. The van der Waals surface area contributed by atoms with Crippen molar-refractivity contribution in [2.45, 2.75) is 19.3 Å². The van der Waals surface area contributed by atoms with Crippen LogP contribution in [0.15, 0.2) is 0 Å². The lowest BCUT2D eigenvalue weighted by atomic mass is 9.91. The Balaban J connectivity index is 2.70. The van der Waals surface area contributed by atoms with Gasteiger partial charge in [-0.1, -0.05) is 0 Å². The van der Waals surface area contributed by atoms with Gasteiger partial charge in [-0.25, -0.2) is 17.2 Å². The topological polar surface area (TPSA) is 60.2 Å². The molecule has 0 amide bonds. The van der Waals surface area contributed by atoms with Gasteiger partial charge in [0.15, 0.2) is 9.84 Å². The third-order valence-corrected chi connectivity index (χ3v) is 4.40. The summed E-state index contributed by atoms with van der Waals surface area (Å²) in [5.41, 5.74) is 5.35. The fourth-order valence-electron chi connectivity index (χ4n) is 1.94. The molecule has 14 heavy (non-hydrogen) atoms. The summed E-state index contributed by atoms with van der Waals surface area (Å²) in [6.07, 6.45) is -0.381. The summed E-state index contributed by atoms with van der Waals surface area (Å²) in [4.78, 5) is 0. The van der Waals surface area contributed by atoms with Crippen LogP contribution in [0.2, 0.25) is 0 Å². The van der Waals surface area contributed by atoms with E-state index in [1.165, 1.54) is 0 Å². The van der Waals surface area contributed by atoms with E-state index in [-0.39, 0.29) is 30.4 Å². The molecule has 3 nitrogen and oxygen atoms in total. The lowest BCUT2D eigenvalue weighted by molar-refractivity contribution is -0.00567. The molecule has 1 aliphatic heterocycles. The minimum absolute atomic E-state index is 0.0375. The van der Waals surface area contributed by atoms with Crippen LogP contribution in [0.25, 0.3) is 0 Å². The van der Waals surface area contributed by atoms with Crippen LogP contribution in [-0.4, -0.2) is 32.4 Å². The normalized spacial score (nSPS) is 32.0. The molecule has 2 unspecified atom stereocenters. The van der Waals surface area contributed by atoms with Crippen LogP contribution in [0.1, 0.15) is 13.3 Å². The van der Waals surface area contributed by atoms with Crippen LogP contribution in [0.3, 0.4) is 0 Å². The van der Waals surface area contributed by atoms with Gasteiger partial charge < -0.3 is 5.73 Å². The molecule has 0 aromatic carbocycles. The largest absolute Gasteiger partial charge is 0.330 e. The summed E-state index contributed by atoms with van der Waals surface area (Å²) in [5.74, 6) is -3.77. The van der Waals surface area contributed by atoms with Gasteiger partial charge in [0, 0.05) is 6.42 Å². The third-order valence-electron chi connectivity index (χ3n) is 2.53. The summed E-state index contributed by atoms with van der Waals surface area (Å²) in [7, 11) is -3.14. The van der Waals surface area contributed by atoms with Gasteiger partial charge in [0.05, 0.1) is 11.5 Å². The Morgan fingerprint density at radius 3 is 2.29 bits per heavy atom. The molecule has 0 saturated carbocycles. The van der Waals surface area contributed by atoms with Crippen molar-refractivity contribution in [2.24, 2.45) is 17.6 Å². The molecule has 1 fully saturated rings. The maximum absolute atomic E-state index is 12.7. The van der Waals surface area contributed by atoms with E-state index >= 15 is 0 Å². The first-order chi connectivity index (χ1) is 6.23. The summed E-state index contributed by atoms with van der Waals surface area (Å²) < 4.78 is 47.8. The quantitative estimate of drug-likeness (QED) is 0.770. The fourth-order valence-corrected chi connectivity index (χ4v) is 4.18. The summed E-state index contributed by atoms with van der Waals surface area (Å²) in [5, 5.41) is 0. The van der Waals surface area contributed by atoms with Gasteiger partial charge in [-0.3, -0.25) is 0 Å². The summed E-state index contributed by atoms with van der Waals surface area (Å²) in [6, 6.07) is 0. The van der Waals surface area contributed by atoms with Gasteiger partial charge in [0.25, 0.3) is 0 Å². The van der Waals surface area contributed by atoms with Crippen molar-refractivity contribution in [2.75, 3.05) is 18.1 Å². The van der Waals surface area contributed by atoms with Crippen LogP contribution in [0.5, 0.6) is 0 Å². The van der Waals surface area contributed by atoms with E-state index in [4.69, 9.17) is 5.73 Å². The number of hydrogen-bond donors (Lipinski definition) is 1. The highest BCUT2D eigenvalue weighted by Gasteiger charge is 2.40. The van der Waals surface area contributed by atoms with E-state index in [0.29, 0.717) is 0 Å². The second-order valence-electron chi connectivity index (χ2n) is 4.11. The second-order valence-corrected chi connectivity index (χ2v) is 6.26. The summed E-state index contributed by atoms with van der Waals surface area (Å²) in [6.45, 7) is 0.978. The van der Waals surface area contributed by atoms with Crippen molar-refractivity contribution >= 4 is 9.84 Å². The van der Waals surface area contributed by atoms with E-state index in [1.54, 1.807) is 0 Å². The van der Waals surface area contributed by atoms with Crippen molar-refractivity contribution in [1.29, 1.82) is 0 Å². The van der Waals surface area contributed by atoms with Crippen LogP contribution < -0.4 is 5.73 Å². The number of halogens is 2. The van der Waals surface area contributed by atoms with Gasteiger partial charge in [-0.15, -0.1) is 0 Å².